The van der Waals surface area contributed by atoms with Crippen molar-refractivity contribution >= 4 is 27.5 Å². The molecule has 0 fully saturated rings. The third kappa shape index (κ3) is 4.03. The molecule has 0 heterocycles. The lowest BCUT2D eigenvalue weighted by Gasteiger charge is -2.13. The second-order valence-corrected chi connectivity index (χ2v) is 5.82. The van der Waals surface area contributed by atoms with Crippen molar-refractivity contribution in [1.82, 2.24) is 0 Å². The monoisotopic (exact) mass is 341 g/mol. The van der Waals surface area contributed by atoms with E-state index in [-0.39, 0.29) is 11.9 Å². The van der Waals surface area contributed by atoms with E-state index in [4.69, 9.17) is 17.3 Å². The van der Waals surface area contributed by atoms with Gasteiger partial charge in [0.15, 0.2) is 0 Å². The smallest absolute Gasteiger partial charge is 0.126 e. The van der Waals surface area contributed by atoms with Crippen LogP contribution < -0.4 is 5.73 Å². The quantitative estimate of drug-likeness (QED) is 0.878. The second kappa shape index (κ2) is 6.51. The van der Waals surface area contributed by atoms with Crippen molar-refractivity contribution in [2.45, 2.75) is 18.9 Å². The van der Waals surface area contributed by atoms with Gasteiger partial charge in [-0.15, -0.1) is 0 Å². The zero-order valence-corrected chi connectivity index (χ0v) is 12.6. The van der Waals surface area contributed by atoms with E-state index >= 15 is 0 Å². The van der Waals surface area contributed by atoms with Crippen molar-refractivity contribution in [2.24, 2.45) is 5.73 Å². The van der Waals surface area contributed by atoms with Crippen molar-refractivity contribution < 1.29 is 4.39 Å². The molecule has 2 aromatic carbocycles. The Morgan fingerprint density at radius 2 is 1.79 bits per heavy atom. The highest BCUT2D eigenvalue weighted by Gasteiger charge is 2.11. The van der Waals surface area contributed by atoms with Gasteiger partial charge in [-0.05, 0) is 42.2 Å². The van der Waals surface area contributed by atoms with Gasteiger partial charge in [0, 0.05) is 15.5 Å². The fraction of sp³-hybridized carbons (Fsp3) is 0.200. The van der Waals surface area contributed by atoms with Crippen LogP contribution in [0.2, 0.25) is 5.02 Å². The van der Waals surface area contributed by atoms with Crippen LogP contribution in [0.4, 0.5) is 4.39 Å². The zero-order chi connectivity index (χ0) is 13.8. The fourth-order valence-corrected chi connectivity index (χ4v) is 2.74. The maximum atomic E-state index is 13.5. The molecule has 2 rings (SSSR count). The van der Waals surface area contributed by atoms with E-state index in [0.29, 0.717) is 23.4 Å². The predicted octanol–water partition coefficient (Wildman–Crippen LogP) is 4.35. The average Bonchev–Trinajstić information content (AvgIpc) is 2.36. The Kier molecular flexibility index (Phi) is 4.97. The summed E-state index contributed by atoms with van der Waals surface area (Å²) in [5.41, 5.74) is 7.70. The molecule has 1 nitrogen and oxygen atoms in total. The molecule has 19 heavy (non-hydrogen) atoms. The molecule has 1 unspecified atom stereocenters. The summed E-state index contributed by atoms with van der Waals surface area (Å²) < 4.78 is 14.5. The average molecular weight is 343 g/mol. The van der Waals surface area contributed by atoms with E-state index in [0.717, 1.165) is 10.0 Å². The Morgan fingerprint density at radius 1 is 1.11 bits per heavy atom. The first-order valence-corrected chi connectivity index (χ1v) is 7.16. The van der Waals surface area contributed by atoms with Crippen molar-refractivity contribution in [1.29, 1.82) is 0 Å². The highest BCUT2D eigenvalue weighted by atomic mass is 79.9. The zero-order valence-electron chi connectivity index (χ0n) is 10.2. The van der Waals surface area contributed by atoms with E-state index in [1.807, 2.05) is 24.3 Å². The molecule has 0 aromatic heterocycles. The number of benzene rings is 2. The van der Waals surface area contributed by atoms with E-state index in [1.54, 1.807) is 12.1 Å². The second-order valence-electron chi connectivity index (χ2n) is 4.50. The summed E-state index contributed by atoms with van der Waals surface area (Å²) in [6, 6.07) is 12.3. The van der Waals surface area contributed by atoms with Gasteiger partial charge in [0.1, 0.15) is 5.82 Å². The first-order chi connectivity index (χ1) is 9.06. The minimum Gasteiger partial charge on any atom is -0.327 e. The molecule has 0 bridgehead atoms. The summed E-state index contributed by atoms with van der Waals surface area (Å²) in [4.78, 5) is 0. The number of nitrogens with two attached hydrogens (primary N) is 1. The lowest BCUT2D eigenvalue weighted by atomic mass is 9.99. The van der Waals surface area contributed by atoms with Crippen molar-refractivity contribution in [2.75, 3.05) is 0 Å². The number of halogens is 3. The van der Waals surface area contributed by atoms with Crippen LogP contribution in [0, 0.1) is 5.82 Å². The molecule has 100 valence electrons. The maximum Gasteiger partial charge on any atom is 0.126 e. The molecule has 0 aliphatic heterocycles. The Bertz CT molecular complexity index is 574. The molecular formula is C15H14BrClFN. The molecule has 0 aliphatic carbocycles. The van der Waals surface area contributed by atoms with Gasteiger partial charge in [-0.3, -0.25) is 0 Å². The third-order valence-electron chi connectivity index (χ3n) is 2.94. The summed E-state index contributed by atoms with van der Waals surface area (Å²) >= 11 is 9.51. The Hall–Kier alpha value is -0.900. The molecule has 0 saturated carbocycles. The maximum absolute atomic E-state index is 13.5. The molecule has 0 saturated heterocycles. The lowest BCUT2D eigenvalue weighted by molar-refractivity contribution is 0.584. The summed E-state index contributed by atoms with van der Waals surface area (Å²) in [6.07, 6.45) is 1.12. The van der Waals surface area contributed by atoms with Gasteiger partial charge in [-0.25, -0.2) is 4.39 Å². The Labute approximate surface area is 125 Å². The van der Waals surface area contributed by atoms with E-state index in [9.17, 15) is 4.39 Å². The SMILES string of the molecule is NC(Cc1ccccc1F)Cc1ccc(Br)cc1Cl. The van der Waals surface area contributed by atoms with Crippen LogP contribution >= 0.6 is 27.5 Å². The molecule has 4 heteroatoms. The number of hydrogen-bond acceptors (Lipinski definition) is 1. The minimum atomic E-state index is -0.208. The normalized spacial score (nSPS) is 12.4. The van der Waals surface area contributed by atoms with E-state index in [1.165, 1.54) is 6.07 Å². The van der Waals surface area contributed by atoms with Crippen LogP contribution in [0.1, 0.15) is 11.1 Å². The highest BCUT2D eigenvalue weighted by molar-refractivity contribution is 9.10. The van der Waals surface area contributed by atoms with Gasteiger partial charge in [-0.2, -0.15) is 0 Å². The molecule has 2 aromatic rings. The molecule has 2 N–H and O–H groups in total. The van der Waals surface area contributed by atoms with Crippen LogP contribution in [0.25, 0.3) is 0 Å². The van der Waals surface area contributed by atoms with Gasteiger partial charge >= 0.3 is 0 Å². The minimum absolute atomic E-state index is 0.157. The third-order valence-corrected chi connectivity index (χ3v) is 3.78. The molecular weight excluding hydrogens is 329 g/mol. The molecule has 0 spiro atoms. The van der Waals surface area contributed by atoms with Gasteiger partial charge in [0.25, 0.3) is 0 Å². The number of rotatable bonds is 4. The van der Waals surface area contributed by atoms with Crippen LogP contribution in [0.15, 0.2) is 46.9 Å². The summed E-state index contributed by atoms with van der Waals surface area (Å²) in [7, 11) is 0. The Morgan fingerprint density at radius 3 is 2.47 bits per heavy atom. The van der Waals surface area contributed by atoms with Crippen LogP contribution in [-0.4, -0.2) is 6.04 Å². The fourth-order valence-electron chi connectivity index (χ4n) is 1.99. The first kappa shape index (κ1) is 14.5. The van der Waals surface area contributed by atoms with Gasteiger partial charge in [-0.1, -0.05) is 51.8 Å². The van der Waals surface area contributed by atoms with Crippen LogP contribution in [-0.2, 0) is 12.8 Å². The van der Waals surface area contributed by atoms with Crippen LogP contribution in [0.5, 0.6) is 0 Å². The van der Waals surface area contributed by atoms with E-state index < -0.39 is 0 Å². The molecule has 0 amide bonds. The summed E-state index contributed by atoms with van der Waals surface area (Å²) in [5.74, 6) is -0.208. The first-order valence-electron chi connectivity index (χ1n) is 5.99. The summed E-state index contributed by atoms with van der Waals surface area (Å²) in [6.45, 7) is 0. The summed E-state index contributed by atoms with van der Waals surface area (Å²) in [5, 5.41) is 0.679. The number of hydrogen-bond donors (Lipinski definition) is 1. The lowest BCUT2D eigenvalue weighted by Crippen LogP contribution is -2.26. The topological polar surface area (TPSA) is 26.0 Å². The van der Waals surface area contributed by atoms with Gasteiger partial charge < -0.3 is 5.73 Å². The van der Waals surface area contributed by atoms with Crippen molar-refractivity contribution in [3.63, 3.8) is 0 Å². The molecule has 1 atom stereocenters. The standard InChI is InChI=1S/C15H14BrClFN/c16-12-6-5-10(14(17)9-12)7-13(19)8-11-3-1-2-4-15(11)18/h1-6,9,13H,7-8,19H2. The van der Waals surface area contributed by atoms with Gasteiger partial charge in [0.2, 0.25) is 0 Å². The van der Waals surface area contributed by atoms with Crippen molar-refractivity contribution in [3.8, 4) is 0 Å². The molecule has 0 aliphatic rings. The van der Waals surface area contributed by atoms with Gasteiger partial charge in [0.05, 0.1) is 0 Å². The molecule has 0 radical (unpaired) electrons. The van der Waals surface area contributed by atoms with E-state index in [2.05, 4.69) is 15.9 Å². The largest absolute Gasteiger partial charge is 0.327 e. The van der Waals surface area contributed by atoms with Crippen molar-refractivity contribution in [3.05, 3.63) is 68.9 Å². The predicted molar refractivity (Wildman–Crippen MR) is 80.9 cm³/mol. The van der Waals surface area contributed by atoms with Crippen LogP contribution in [0.3, 0.4) is 0 Å². The Balaban J connectivity index is 2.05. The highest BCUT2D eigenvalue weighted by Crippen LogP contribution is 2.23.